The highest BCUT2D eigenvalue weighted by molar-refractivity contribution is 5.85. The summed E-state index contributed by atoms with van der Waals surface area (Å²) in [6.07, 6.45) is 5.56. The monoisotopic (exact) mass is 305 g/mol. The minimum Gasteiger partial charge on any atom is -0.376 e. The van der Waals surface area contributed by atoms with E-state index >= 15 is 0 Å². The van der Waals surface area contributed by atoms with Crippen molar-refractivity contribution in [1.29, 1.82) is 0 Å². The van der Waals surface area contributed by atoms with Crippen molar-refractivity contribution in [3.8, 4) is 0 Å². The van der Waals surface area contributed by atoms with Gasteiger partial charge in [-0.05, 0) is 18.2 Å². The van der Waals surface area contributed by atoms with Crippen LogP contribution in [0.25, 0.3) is 0 Å². The van der Waals surface area contributed by atoms with Gasteiger partial charge in [-0.1, -0.05) is 6.07 Å². The number of rotatable bonds is 4. The Balaban J connectivity index is 0.00000161. The Labute approximate surface area is 131 Å². The molecular weight excluding hydrogens is 286 g/mol. The van der Waals surface area contributed by atoms with Gasteiger partial charge in [0, 0.05) is 38.6 Å². The van der Waals surface area contributed by atoms with E-state index in [0.717, 1.165) is 37.6 Å². The standard InChI is InChI=1S/C15H19N5.ClH/c1-2-5-18-13(3-1)11-19-14-12-17-6-4-15(14)20-9-7-16-8-10-20;/h1-6,12,16,19H,7-11H2;1H. The topological polar surface area (TPSA) is 53.1 Å². The first kappa shape index (κ1) is 15.5. The van der Waals surface area contributed by atoms with Gasteiger partial charge in [0.15, 0.2) is 0 Å². The number of piperazine rings is 1. The number of aromatic nitrogens is 2. The second-order valence-corrected chi connectivity index (χ2v) is 4.80. The van der Waals surface area contributed by atoms with Gasteiger partial charge in [-0.25, -0.2) is 0 Å². The van der Waals surface area contributed by atoms with Gasteiger partial charge in [-0.2, -0.15) is 0 Å². The zero-order chi connectivity index (χ0) is 13.6. The molecule has 0 spiro atoms. The number of nitrogens with zero attached hydrogens (tertiary/aromatic N) is 3. The third-order valence-electron chi connectivity index (χ3n) is 3.44. The summed E-state index contributed by atoms with van der Waals surface area (Å²) in [6.45, 7) is 4.83. The predicted octanol–water partition coefficient (Wildman–Crippen LogP) is 1.92. The molecule has 1 saturated heterocycles. The second-order valence-electron chi connectivity index (χ2n) is 4.80. The number of pyridine rings is 2. The maximum Gasteiger partial charge on any atom is 0.0767 e. The van der Waals surface area contributed by atoms with Crippen LogP contribution in [0.4, 0.5) is 11.4 Å². The molecule has 0 radical (unpaired) electrons. The molecule has 3 rings (SSSR count). The molecule has 21 heavy (non-hydrogen) atoms. The van der Waals surface area contributed by atoms with E-state index in [-0.39, 0.29) is 12.4 Å². The lowest BCUT2D eigenvalue weighted by Gasteiger charge is -2.31. The lowest BCUT2D eigenvalue weighted by Crippen LogP contribution is -2.43. The van der Waals surface area contributed by atoms with Gasteiger partial charge in [0.2, 0.25) is 0 Å². The van der Waals surface area contributed by atoms with E-state index in [4.69, 9.17) is 0 Å². The van der Waals surface area contributed by atoms with E-state index in [9.17, 15) is 0 Å². The van der Waals surface area contributed by atoms with Crippen LogP contribution in [0.15, 0.2) is 42.9 Å². The summed E-state index contributed by atoms with van der Waals surface area (Å²) in [5.41, 5.74) is 3.32. The molecule has 2 N–H and O–H groups in total. The molecule has 0 bridgehead atoms. The first-order chi connectivity index (χ1) is 9.93. The average Bonchev–Trinajstić information content (AvgIpc) is 2.55. The lowest BCUT2D eigenvalue weighted by atomic mass is 10.2. The fourth-order valence-electron chi connectivity index (χ4n) is 2.39. The van der Waals surface area contributed by atoms with Crippen LogP contribution in [0.2, 0.25) is 0 Å². The Morgan fingerprint density at radius 1 is 1.14 bits per heavy atom. The molecule has 2 aromatic rings. The number of hydrogen-bond donors (Lipinski definition) is 2. The number of anilines is 2. The summed E-state index contributed by atoms with van der Waals surface area (Å²) in [5.74, 6) is 0. The third-order valence-corrected chi connectivity index (χ3v) is 3.44. The van der Waals surface area contributed by atoms with Crippen molar-refractivity contribution in [2.45, 2.75) is 6.54 Å². The van der Waals surface area contributed by atoms with Gasteiger partial charge in [-0.3, -0.25) is 9.97 Å². The van der Waals surface area contributed by atoms with E-state index in [1.54, 1.807) is 0 Å². The van der Waals surface area contributed by atoms with Gasteiger partial charge >= 0.3 is 0 Å². The summed E-state index contributed by atoms with van der Waals surface area (Å²) in [6, 6.07) is 8.03. The van der Waals surface area contributed by atoms with Gasteiger partial charge in [-0.15, -0.1) is 12.4 Å². The van der Waals surface area contributed by atoms with Crippen LogP contribution in [0.5, 0.6) is 0 Å². The van der Waals surface area contributed by atoms with E-state index in [1.165, 1.54) is 5.69 Å². The summed E-state index contributed by atoms with van der Waals surface area (Å²) >= 11 is 0. The zero-order valence-corrected chi connectivity index (χ0v) is 12.6. The molecule has 1 aliphatic rings. The molecule has 2 aromatic heterocycles. The zero-order valence-electron chi connectivity index (χ0n) is 11.8. The fourth-order valence-corrected chi connectivity index (χ4v) is 2.39. The number of halogens is 1. The van der Waals surface area contributed by atoms with Crippen molar-refractivity contribution in [2.24, 2.45) is 0 Å². The first-order valence-electron chi connectivity index (χ1n) is 6.97. The Bertz CT molecular complexity index is 543. The minimum atomic E-state index is 0. The highest BCUT2D eigenvalue weighted by Crippen LogP contribution is 2.25. The van der Waals surface area contributed by atoms with E-state index in [1.807, 2.05) is 36.8 Å². The highest BCUT2D eigenvalue weighted by atomic mass is 35.5. The van der Waals surface area contributed by atoms with Crippen LogP contribution >= 0.6 is 12.4 Å². The van der Waals surface area contributed by atoms with Gasteiger partial charge in [0.05, 0.1) is 29.8 Å². The molecule has 5 nitrogen and oxygen atoms in total. The van der Waals surface area contributed by atoms with Crippen LogP contribution < -0.4 is 15.5 Å². The predicted molar refractivity (Wildman–Crippen MR) is 88.1 cm³/mol. The van der Waals surface area contributed by atoms with Crippen molar-refractivity contribution in [3.63, 3.8) is 0 Å². The Hall–Kier alpha value is -1.85. The molecule has 112 valence electrons. The van der Waals surface area contributed by atoms with Gasteiger partial charge in [0.1, 0.15) is 0 Å². The fraction of sp³-hybridized carbons (Fsp3) is 0.333. The number of nitrogens with one attached hydrogen (secondary N) is 2. The van der Waals surface area contributed by atoms with Crippen molar-refractivity contribution in [3.05, 3.63) is 48.5 Å². The first-order valence-corrected chi connectivity index (χ1v) is 6.97. The summed E-state index contributed by atoms with van der Waals surface area (Å²) < 4.78 is 0. The molecule has 0 amide bonds. The Morgan fingerprint density at radius 3 is 2.76 bits per heavy atom. The lowest BCUT2D eigenvalue weighted by molar-refractivity contribution is 0.589. The molecule has 0 aliphatic carbocycles. The molecule has 0 aromatic carbocycles. The van der Waals surface area contributed by atoms with Crippen LogP contribution in [-0.4, -0.2) is 36.1 Å². The smallest absolute Gasteiger partial charge is 0.0767 e. The Morgan fingerprint density at radius 2 is 2.00 bits per heavy atom. The minimum absolute atomic E-state index is 0. The van der Waals surface area contributed by atoms with Crippen molar-refractivity contribution in [1.82, 2.24) is 15.3 Å². The molecule has 1 fully saturated rings. The van der Waals surface area contributed by atoms with E-state index in [2.05, 4.69) is 31.6 Å². The number of hydrogen-bond acceptors (Lipinski definition) is 5. The molecular formula is C15H20ClN5. The van der Waals surface area contributed by atoms with Crippen molar-refractivity contribution >= 4 is 23.8 Å². The van der Waals surface area contributed by atoms with Crippen molar-refractivity contribution < 1.29 is 0 Å². The molecule has 0 atom stereocenters. The normalized spacial score (nSPS) is 14.4. The van der Waals surface area contributed by atoms with Crippen LogP contribution in [0.1, 0.15) is 5.69 Å². The molecule has 1 aliphatic heterocycles. The summed E-state index contributed by atoms with van der Waals surface area (Å²) in [7, 11) is 0. The average molecular weight is 306 g/mol. The highest BCUT2D eigenvalue weighted by Gasteiger charge is 2.13. The van der Waals surface area contributed by atoms with Gasteiger partial charge in [0.25, 0.3) is 0 Å². The van der Waals surface area contributed by atoms with E-state index < -0.39 is 0 Å². The SMILES string of the molecule is Cl.c1ccc(CNc2cnccc2N2CCNCC2)nc1. The quantitative estimate of drug-likeness (QED) is 0.904. The second kappa shape index (κ2) is 7.81. The maximum absolute atomic E-state index is 4.33. The van der Waals surface area contributed by atoms with Crippen LogP contribution in [0, 0.1) is 0 Å². The largest absolute Gasteiger partial charge is 0.376 e. The molecule has 0 unspecified atom stereocenters. The van der Waals surface area contributed by atoms with Crippen molar-refractivity contribution in [2.75, 3.05) is 36.4 Å². The molecule has 0 saturated carbocycles. The maximum atomic E-state index is 4.33. The van der Waals surface area contributed by atoms with Crippen LogP contribution in [0.3, 0.4) is 0 Å². The van der Waals surface area contributed by atoms with E-state index in [0.29, 0.717) is 6.54 Å². The summed E-state index contributed by atoms with van der Waals surface area (Å²) in [4.78, 5) is 10.9. The molecule has 3 heterocycles. The third kappa shape index (κ3) is 4.06. The molecule has 6 heteroatoms. The Kier molecular flexibility index (Phi) is 5.78. The summed E-state index contributed by atoms with van der Waals surface area (Å²) in [5, 5.41) is 6.81. The van der Waals surface area contributed by atoms with Gasteiger partial charge < -0.3 is 15.5 Å². The van der Waals surface area contributed by atoms with Crippen LogP contribution in [-0.2, 0) is 6.54 Å².